The van der Waals surface area contributed by atoms with Crippen LogP contribution in [0.15, 0.2) is 48.5 Å². The van der Waals surface area contributed by atoms with E-state index in [0.29, 0.717) is 5.75 Å². The molecular formula is C20H23FN2O2. The highest BCUT2D eigenvalue weighted by Crippen LogP contribution is 2.20. The van der Waals surface area contributed by atoms with Crippen molar-refractivity contribution in [3.8, 4) is 5.75 Å². The van der Waals surface area contributed by atoms with E-state index < -0.39 is 5.82 Å². The SMILES string of the molecule is COc1ccc(F)cc1C(=O)NC1CCN(Cc2ccccc2)CC1. The molecule has 0 aliphatic carbocycles. The molecule has 1 heterocycles. The Balaban J connectivity index is 1.54. The number of amides is 1. The molecule has 0 aromatic heterocycles. The number of ether oxygens (including phenoxy) is 1. The van der Waals surface area contributed by atoms with Gasteiger partial charge in [-0.3, -0.25) is 9.69 Å². The lowest BCUT2D eigenvalue weighted by Gasteiger charge is -2.32. The molecule has 0 atom stereocenters. The number of hydrogen-bond acceptors (Lipinski definition) is 3. The predicted molar refractivity (Wildman–Crippen MR) is 95.2 cm³/mol. The minimum atomic E-state index is -0.441. The number of rotatable bonds is 5. The lowest BCUT2D eigenvalue weighted by atomic mass is 10.0. The van der Waals surface area contributed by atoms with Crippen LogP contribution in [-0.4, -0.2) is 37.0 Å². The van der Waals surface area contributed by atoms with E-state index in [1.54, 1.807) is 0 Å². The summed E-state index contributed by atoms with van der Waals surface area (Å²) < 4.78 is 18.6. The molecule has 1 aliphatic heterocycles. The number of hydrogen-bond donors (Lipinski definition) is 1. The minimum absolute atomic E-state index is 0.104. The lowest BCUT2D eigenvalue weighted by molar-refractivity contribution is 0.0905. The first-order valence-corrected chi connectivity index (χ1v) is 8.56. The molecule has 5 heteroatoms. The first-order valence-electron chi connectivity index (χ1n) is 8.56. The maximum atomic E-state index is 13.4. The Kier molecular flexibility index (Phi) is 5.66. The van der Waals surface area contributed by atoms with Crippen LogP contribution in [0.3, 0.4) is 0 Å². The maximum Gasteiger partial charge on any atom is 0.255 e. The Bertz CT molecular complexity index is 713. The van der Waals surface area contributed by atoms with Crippen LogP contribution in [-0.2, 0) is 6.54 Å². The van der Waals surface area contributed by atoms with Crippen molar-refractivity contribution in [1.82, 2.24) is 10.2 Å². The summed E-state index contributed by atoms with van der Waals surface area (Å²) in [6.07, 6.45) is 1.77. The topological polar surface area (TPSA) is 41.6 Å². The van der Waals surface area contributed by atoms with Crippen molar-refractivity contribution < 1.29 is 13.9 Å². The molecule has 2 aromatic rings. The van der Waals surface area contributed by atoms with Crippen LogP contribution in [0.1, 0.15) is 28.8 Å². The van der Waals surface area contributed by atoms with Gasteiger partial charge in [0.25, 0.3) is 5.91 Å². The second kappa shape index (κ2) is 8.12. The summed E-state index contributed by atoms with van der Waals surface area (Å²) in [6, 6.07) is 14.5. The monoisotopic (exact) mass is 342 g/mol. The number of piperidine rings is 1. The molecule has 2 aromatic carbocycles. The Labute approximate surface area is 147 Å². The summed E-state index contributed by atoms with van der Waals surface area (Å²) in [5.41, 5.74) is 1.55. The highest BCUT2D eigenvalue weighted by molar-refractivity contribution is 5.97. The normalized spacial score (nSPS) is 15.8. The van der Waals surface area contributed by atoms with E-state index in [2.05, 4.69) is 34.5 Å². The first kappa shape index (κ1) is 17.4. The van der Waals surface area contributed by atoms with Gasteiger partial charge in [-0.25, -0.2) is 4.39 Å². The molecule has 4 nitrogen and oxygen atoms in total. The summed E-state index contributed by atoms with van der Waals surface area (Å²) in [7, 11) is 1.48. The fourth-order valence-electron chi connectivity index (χ4n) is 3.20. The van der Waals surface area contributed by atoms with Crippen LogP contribution >= 0.6 is 0 Å². The zero-order valence-electron chi connectivity index (χ0n) is 14.4. The Hall–Kier alpha value is -2.40. The van der Waals surface area contributed by atoms with Gasteiger partial charge in [-0.1, -0.05) is 30.3 Å². The first-order chi connectivity index (χ1) is 12.2. The number of benzene rings is 2. The molecule has 1 amide bonds. The molecule has 1 fully saturated rings. The standard InChI is InChI=1S/C20H23FN2O2/c1-25-19-8-7-16(21)13-18(19)20(24)22-17-9-11-23(12-10-17)14-15-5-3-2-4-6-15/h2-8,13,17H,9-12,14H2,1H3,(H,22,24). The van der Waals surface area contributed by atoms with Gasteiger partial charge in [-0.2, -0.15) is 0 Å². The van der Waals surface area contributed by atoms with E-state index in [1.807, 2.05) is 6.07 Å². The molecule has 1 N–H and O–H groups in total. The largest absolute Gasteiger partial charge is 0.496 e. The third kappa shape index (κ3) is 4.57. The molecule has 0 spiro atoms. The van der Waals surface area contributed by atoms with Gasteiger partial charge < -0.3 is 10.1 Å². The Morgan fingerprint density at radius 2 is 1.92 bits per heavy atom. The van der Waals surface area contributed by atoms with Crippen molar-refractivity contribution in [2.45, 2.75) is 25.4 Å². The predicted octanol–water partition coefficient (Wildman–Crippen LogP) is 3.23. The Morgan fingerprint density at radius 3 is 2.60 bits per heavy atom. The minimum Gasteiger partial charge on any atom is -0.496 e. The molecule has 0 radical (unpaired) electrons. The summed E-state index contributed by atoms with van der Waals surface area (Å²) in [4.78, 5) is 14.8. The number of likely N-dealkylation sites (tertiary alicyclic amines) is 1. The van der Waals surface area contributed by atoms with Crippen LogP contribution in [0.4, 0.5) is 4.39 Å². The molecule has 132 valence electrons. The fourth-order valence-corrected chi connectivity index (χ4v) is 3.20. The lowest BCUT2D eigenvalue weighted by Crippen LogP contribution is -2.44. The zero-order chi connectivity index (χ0) is 17.6. The summed E-state index contributed by atoms with van der Waals surface area (Å²) >= 11 is 0. The molecular weight excluding hydrogens is 319 g/mol. The maximum absolute atomic E-state index is 13.4. The van der Waals surface area contributed by atoms with Crippen molar-refractivity contribution in [3.05, 3.63) is 65.5 Å². The van der Waals surface area contributed by atoms with Crippen LogP contribution < -0.4 is 10.1 Å². The summed E-state index contributed by atoms with van der Waals surface area (Å²) in [6.45, 7) is 2.79. The average Bonchev–Trinajstić information content (AvgIpc) is 2.64. The van der Waals surface area contributed by atoms with Gasteiger partial charge in [-0.15, -0.1) is 0 Å². The third-order valence-corrected chi connectivity index (χ3v) is 4.58. The van der Waals surface area contributed by atoms with E-state index in [1.165, 1.54) is 30.9 Å². The number of carbonyl (C=O) groups excluding carboxylic acids is 1. The molecule has 25 heavy (non-hydrogen) atoms. The zero-order valence-corrected chi connectivity index (χ0v) is 14.4. The second-order valence-corrected chi connectivity index (χ2v) is 6.35. The summed E-state index contributed by atoms with van der Waals surface area (Å²) in [5, 5.41) is 3.01. The smallest absolute Gasteiger partial charge is 0.255 e. The average molecular weight is 342 g/mol. The van der Waals surface area contributed by atoms with Gasteiger partial charge in [-0.05, 0) is 36.6 Å². The molecule has 1 aliphatic rings. The van der Waals surface area contributed by atoms with E-state index in [-0.39, 0.29) is 17.5 Å². The van der Waals surface area contributed by atoms with E-state index in [4.69, 9.17) is 4.74 Å². The van der Waals surface area contributed by atoms with Crippen LogP contribution in [0.2, 0.25) is 0 Å². The number of carbonyl (C=O) groups is 1. The van der Waals surface area contributed by atoms with Gasteiger partial charge in [0.05, 0.1) is 12.7 Å². The van der Waals surface area contributed by atoms with Crippen LogP contribution in [0.5, 0.6) is 5.75 Å². The number of nitrogens with one attached hydrogen (secondary N) is 1. The van der Waals surface area contributed by atoms with E-state index in [9.17, 15) is 9.18 Å². The number of methoxy groups -OCH3 is 1. The number of nitrogens with zero attached hydrogens (tertiary/aromatic N) is 1. The molecule has 0 bridgehead atoms. The second-order valence-electron chi connectivity index (χ2n) is 6.35. The quantitative estimate of drug-likeness (QED) is 0.907. The van der Waals surface area contributed by atoms with Crippen molar-refractivity contribution in [2.24, 2.45) is 0 Å². The molecule has 0 saturated carbocycles. The van der Waals surface area contributed by atoms with E-state index in [0.717, 1.165) is 32.5 Å². The highest BCUT2D eigenvalue weighted by Gasteiger charge is 2.22. The number of halogens is 1. The van der Waals surface area contributed by atoms with Crippen LogP contribution in [0, 0.1) is 5.82 Å². The fraction of sp³-hybridized carbons (Fsp3) is 0.350. The molecule has 0 unspecified atom stereocenters. The van der Waals surface area contributed by atoms with Gasteiger partial charge in [0.15, 0.2) is 0 Å². The van der Waals surface area contributed by atoms with Gasteiger partial charge in [0.1, 0.15) is 11.6 Å². The van der Waals surface area contributed by atoms with Crippen molar-refractivity contribution >= 4 is 5.91 Å². The summed E-state index contributed by atoms with van der Waals surface area (Å²) in [5.74, 6) is -0.332. The highest BCUT2D eigenvalue weighted by atomic mass is 19.1. The van der Waals surface area contributed by atoms with Gasteiger partial charge in [0, 0.05) is 25.7 Å². The van der Waals surface area contributed by atoms with Crippen molar-refractivity contribution in [2.75, 3.05) is 20.2 Å². The molecule has 1 saturated heterocycles. The van der Waals surface area contributed by atoms with Gasteiger partial charge in [0.2, 0.25) is 0 Å². The van der Waals surface area contributed by atoms with E-state index >= 15 is 0 Å². The Morgan fingerprint density at radius 1 is 1.20 bits per heavy atom. The van der Waals surface area contributed by atoms with Crippen molar-refractivity contribution in [3.63, 3.8) is 0 Å². The molecule has 3 rings (SSSR count). The van der Waals surface area contributed by atoms with Gasteiger partial charge >= 0.3 is 0 Å². The van der Waals surface area contributed by atoms with Crippen LogP contribution in [0.25, 0.3) is 0 Å². The van der Waals surface area contributed by atoms with Crippen molar-refractivity contribution in [1.29, 1.82) is 0 Å². The third-order valence-electron chi connectivity index (χ3n) is 4.58.